The van der Waals surface area contributed by atoms with E-state index in [9.17, 15) is 9.50 Å². The zero-order valence-electron chi connectivity index (χ0n) is 12.0. The lowest BCUT2D eigenvalue weighted by Crippen LogP contribution is -2.20. The molecule has 0 saturated heterocycles. The molecule has 2 unspecified atom stereocenters. The molecule has 2 aromatic rings. The number of hydrogen-bond donors (Lipinski definition) is 1. The number of fused-ring (bicyclic) bond motifs is 1. The van der Waals surface area contributed by atoms with E-state index in [2.05, 4.69) is 0 Å². The van der Waals surface area contributed by atoms with Crippen LogP contribution in [-0.4, -0.2) is 12.2 Å². The third-order valence-corrected chi connectivity index (χ3v) is 3.78. The maximum atomic E-state index is 14.0. The number of aliphatic hydroxyl groups is 1. The Balaban J connectivity index is 1.98. The summed E-state index contributed by atoms with van der Waals surface area (Å²) in [7, 11) is 1.57. The zero-order chi connectivity index (χ0) is 15.0. The molecule has 0 radical (unpaired) electrons. The molecule has 3 rings (SSSR count). The van der Waals surface area contributed by atoms with Crippen LogP contribution >= 0.6 is 0 Å². The minimum atomic E-state index is -0.676. The molecular formula is C17H17FO3. The minimum absolute atomic E-state index is 0.316. The van der Waals surface area contributed by atoms with Gasteiger partial charge in [-0.05, 0) is 31.2 Å². The Morgan fingerprint density at radius 2 is 2.00 bits per heavy atom. The predicted octanol–water partition coefficient (Wildman–Crippen LogP) is 3.70. The highest BCUT2D eigenvalue weighted by molar-refractivity contribution is 5.44. The van der Waals surface area contributed by atoms with Gasteiger partial charge in [0, 0.05) is 23.6 Å². The first-order valence-electron chi connectivity index (χ1n) is 6.87. The normalized spacial score (nSPS) is 20.6. The van der Waals surface area contributed by atoms with Gasteiger partial charge in [0.05, 0.1) is 13.2 Å². The summed E-state index contributed by atoms with van der Waals surface area (Å²) in [5.74, 6) is 0.870. The lowest BCUT2D eigenvalue weighted by atomic mass is 9.94. The van der Waals surface area contributed by atoms with Crippen molar-refractivity contribution in [3.63, 3.8) is 0 Å². The second kappa shape index (κ2) is 5.37. The van der Waals surface area contributed by atoms with E-state index >= 15 is 0 Å². The number of benzene rings is 2. The van der Waals surface area contributed by atoms with Gasteiger partial charge >= 0.3 is 0 Å². The number of aryl methyl sites for hydroxylation is 1. The Morgan fingerprint density at radius 1 is 1.19 bits per heavy atom. The zero-order valence-corrected chi connectivity index (χ0v) is 12.0. The highest BCUT2D eigenvalue weighted by Crippen LogP contribution is 2.42. The second-order valence-corrected chi connectivity index (χ2v) is 5.29. The molecule has 0 aliphatic carbocycles. The maximum absolute atomic E-state index is 14.0. The Kier molecular flexibility index (Phi) is 3.55. The van der Waals surface area contributed by atoms with Gasteiger partial charge in [0.15, 0.2) is 0 Å². The first kappa shape index (κ1) is 13.9. The van der Waals surface area contributed by atoms with Crippen molar-refractivity contribution in [1.82, 2.24) is 0 Å². The van der Waals surface area contributed by atoms with Gasteiger partial charge in [-0.3, -0.25) is 0 Å². The summed E-state index contributed by atoms with van der Waals surface area (Å²) in [5, 5.41) is 10.3. The van der Waals surface area contributed by atoms with Crippen molar-refractivity contribution in [2.75, 3.05) is 7.11 Å². The average molecular weight is 288 g/mol. The molecule has 0 spiro atoms. The Bertz CT molecular complexity index is 669. The number of methoxy groups -OCH3 is 1. The fraction of sp³-hybridized carbons (Fsp3) is 0.294. The van der Waals surface area contributed by atoms with Crippen molar-refractivity contribution in [2.24, 2.45) is 0 Å². The standard InChI is InChI=1S/C17H17FO3/c1-10-3-6-14(18)13(7-10)17-9-15(19)12-5-4-11(20-2)8-16(12)21-17/h3-8,15,17,19H,9H2,1-2H3. The average Bonchev–Trinajstić information content (AvgIpc) is 2.49. The summed E-state index contributed by atoms with van der Waals surface area (Å²) in [5.41, 5.74) is 2.14. The van der Waals surface area contributed by atoms with Crippen LogP contribution in [0.1, 0.15) is 35.3 Å². The molecule has 0 bridgehead atoms. The van der Waals surface area contributed by atoms with Gasteiger partial charge in [0.1, 0.15) is 23.4 Å². The summed E-state index contributed by atoms with van der Waals surface area (Å²) < 4.78 is 25.1. The fourth-order valence-electron chi connectivity index (χ4n) is 2.65. The molecule has 2 atom stereocenters. The van der Waals surface area contributed by atoms with Crippen LogP contribution < -0.4 is 9.47 Å². The third-order valence-electron chi connectivity index (χ3n) is 3.78. The summed E-state index contributed by atoms with van der Waals surface area (Å²) in [6.45, 7) is 1.90. The number of rotatable bonds is 2. The molecular weight excluding hydrogens is 271 g/mol. The molecule has 4 heteroatoms. The van der Waals surface area contributed by atoms with E-state index in [4.69, 9.17) is 9.47 Å². The van der Waals surface area contributed by atoms with Crippen LogP contribution in [0.4, 0.5) is 4.39 Å². The van der Waals surface area contributed by atoms with Crippen molar-refractivity contribution >= 4 is 0 Å². The molecule has 0 fully saturated rings. The van der Waals surface area contributed by atoms with E-state index < -0.39 is 12.2 Å². The lowest BCUT2D eigenvalue weighted by Gasteiger charge is -2.30. The molecule has 1 heterocycles. The molecule has 0 saturated carbocycles. The molecule has 1 aliphatic rings. The van der Waals surface area contributed by atoms with Gasteiger partial charge in [-0.2, -0.15) is 0 Å². The van der Waals surface area contributed by atoms with Crippen LogP contribution in [0, 0.1) is 12.7 Å². The third kappa shape index (κ3) is 2.59. The number of hydrogen-bond acceptors (Lipinski definition) is 3. The fourth-order valence-corrected chi connectivity index (χ4v) is 2.65. The van der Waals surface area contributed by atoms with E-state index in [1.165, 1.54) is 6.07 Å². The van der Waals surface area contributed by atoms with E-state index in [1.807, 2.05) is 6.92 Å². The molecule has 3 nitrogen and oxygen atoms in total. The van der Waals surface area contributed by atoms with Crippen LogP contribution in [0.5, 0.6) is 11.5 Å². The molecule has 21 heavy (non-hydrogen) atoms. The molecule has 0 amide bonds. The lowest BCUT2D eigenvalue weighted by molar-refractivity contribution is 0.0637. The second-order valence-electron chi connectivity index (χ2n) is 5.29. The number of ether oxygens (including phenoxy) is 2. The maximum Gasteiger partial charge on any atom is 0.130 e. The Morgan fingerprint density at radius 3 is 2.76 bits per heavy atom. The molecule has 110 valence electrons. The topological polar surface area (TPSA) is 38.7 Å². The quantitative estimate of drug-likeness (QED) is 0.915. The van der Waals surface area contributed by atoms with Crippen LogP contribution in [0.15, 0.2) is 36.4 Å². The van der Waals surface area contributed by atoms with Crippen LogP contribution in [0.2, 0.25) is 0 Å². The highest BCUT2D eigenvalue weighted by Gasteiger charge is 2.30. The molecule has 2 aromatic carbocycles. The predicted molar refractivity (Wildman–Crippen MR) is 77.1 cm³/mol. The van der Waals surface area contributed by atoms with Crippen LogP contribution in [0.3, 0.4) is 0 Å². The van der Waals surface area contributed by atoms with Gasteiger partial charge in [0.2, 0.25) is 0 Å². The first-order valence-corrected chi connectivity index (χ1v) is 6.87. The van der Waals surface area contributed by atoms with E-state index in [1.54, 1.807) is 37.4 Å². The summed E-state index contributed by atoms with van der Waals surface area (Å²) >= 11 is 0. The van der Waals surface area contributed by atoms with Crippen molar-refractivity contribution in [3.8, 4) is 11.5 Å². The Labute approximate surface area is 122 Å². The van der Waals surface area contributed by atoms with Gasteiger partial charge in [0.25, 0.3) is 0 Å². The summed E-state index contributed by atoms with van der Waals surface area (Å²) in [4.78, 5) is 0. The largest absolute Gasteiger partial charge is 0.497 e. The van der Waals surface area contributed by atoms with Crippen LogP contribution in [-0.2, 0) is 0 Å². The molecule has 0 aromatic heterocycles. The summed E-state index contributed by atoms with van der Waals surface area (Å²) in [6.07, 6.45) is -0.844. The monoisotopic (exact) mass is 288 g/mol. The van der Waals surface area contributed by atoms with E-state index in [-0.39, 0.29) is 5.82 Å². The summed E-state index contributed by atoms with van der Waals surface area (Å²) in [6, 6.07) is 10.2. The van der Waals surface area contributed by atoms with Gasteiger partial charge < -0.3 is 14.6 Å². The minimum Gasteiger partial charge on any atom is -0.497 e. The van der Waals surface area contributed by atoms with Gasteiger partial charge in [-0.25, -0.2) is 4.39 Å². The van der Waals surface area contributed by atoms with E-state index in [0.717, 1.165) is 5.56 Å². The number of halogens is 1. The van der Waals surface area contributed by atoms with Crippen molar-refractivity contribution in [3.05, 3.63) is 58.9 Å². The molecule has 1 N–H and O–H groups in total. The molecule has 1 aliphatic heterocycles. The van der Waals surface area contributed by atoms with E-state index in [0.29, 0.717) is 29.0 Å². The van der Waals surface area contributed by atoms with Gasteiger partial charge in [-0.15, -0.1) is 0 Å². The van der Waals surface area contributed by atoms with Crippen molar-refractivity contribution in [1.29, 1.82) is 0 Å². The van der Waals surface area contributed by atoms with Gasteiger partial charge in [-0.1, -0.05) is 11.6 Å². The highest BCUT2D eigenvalue weighted by atomic mass is 19.1. The smallest absolute Gasteiger partial charge is 0.130 e. The van der Waals surface area contributed by atoms with Crippen molar-refractivity contribution < 1.29 is 19.0 Å². The van der Waals surface area contributed by atoms with Crippen molar-refractivity contribution in [2.45, 2.75) is 25.6 Å². The number of aliphatic hydroxyl groups excluding tert-OH is 1. The SMILES string of the molecule is COc1ccc2c(c1)OC(c1cc(C)ccc1F)CC2O. The Hall–Kier alpha value is -2.07. The first-order chi connectivity index (χ1) is 10.1. The van der Waals surface area contributed by atoms with Crippen LogP contribution in [0.25, 0.3) is 0 Å².